The zero-order chi connectivity index (χ0) is 26.1. The molecule has 2 heterocycles. The number of hydrogen-bond acceptors (Lipinski definition) is 8. The standard InChI is InChI=1S/2C11H19NO5/c2*1-11(2,3)17-10(15)12-8-6-16-5-4-7(8)9(13)14/h2*7-8H,4-6H2,1-3H3,(H,12,15)(H,13,14)/t2*7-,8+/m10/s1. The van der Waals surface area contributed by atoms with Gasteiger partial charge in [-0.15, -0.1) is 0 Å². The molecule has 4 N–H and O–H groups in total. The lowest BCUT2D eigenvalue weighted by molar-refractivity contribution is -0.147. The van der Waals surface area contributed by atoms with Crippen LogP contribution in [0.5, 0.6) is 0 Å². The van der Waals surface area contributed by atoms with E-state index in [2.05, 4.69) is 10.6 Å². The molecule has 0 aromatic carbocycles. The number of carboxylic acid groups (broad SMARTS) is 2. The van der Waals surface area contributed by atoms with Gasteiger partial charge in [-0.1, -0.05) is 0 Å². The lowest BCUT2D eigenvalue weighted by Crippen LogP contribution is -2.50. The zero-order valence-electron chi connectivity index (χ0n) is 20.7. The van der Waals surface area contributed by atoms with Gasteiger partial charge in [0.2, 0.25) is 0 Å². The average Bonchev–Trinajstić information content (AvgIpc) is 2.66. The quantitative estimate of drug-likeness (QED) is 0.457. The van der Waals surface area contributed by atoms with E-state index in [9.17, 15) is 19.2 Å². The molecule has 12 heteroatoms. The highest BCUT2D eigenvalue weighted by molar-refractivity contribution is 5.74. The highest BCUT2D eigenvalue weighted by Gasteiger charge is 2.34. The molecule has 34 heavy (non-hydrogen) atoms. The number of carbonyl (C=O) groups excluding carboxylic acids is 2. The van der Waals surface area contributed by atoms with Crippen molar-refractivity contribution in [3.8, 4) is 0 Å². The maximum absolute atomic E-state index is 11.5. The molecule has 0 unspecified atom stereocenters. The maximum Gasteiger partial charge on any atom is 0.407 e. The van der Waals surface area contributed by atoms with Gasteiger partial charge >= 0.3 is 24.1 Å². The molecule has 2 aliphatic heterocycles. The molecule has 0 saturated carbocycles. The number of carbonyl (C=O) groups is 4. The van der Waals surface area contributed by atoms with Crippen LogP contribution in [0.3, 0.4) is 0 Å². The number of amides is 2. The molecule has 0 spiro atoms. The van der Waals surface area contributed by atoms with E-state index >= 15 is 0 Å². The zero-order valence-corrected chi connectivity index (χ0v) is 20.7. The van der Waals surface area contributed by atoms with Crippen LogP contribution in [-0.2, 0) is 28.5 Å². The van der Waals surface area contributed by atoms with E-state index in [-0.39, 0.29) is 13.2 Å². The fourth-order valence-corrected chi connectivity index (χ4v) is 3.27. The molecule has 0 aliphatic carbocycles. The van der Waals surface area contributed by atoms with Crippen LogP contribution in [0.2, 0.25) is 0 Å². The first-order chi connectivity index (χ1) is 15.6. The Labute approximate surface area is 199 Å². The summed E-state index contributed by atoms with van der Waals surface area (Å²) in [4.78, 5) is 45.0. The SMILES string of the molecule is CC(C)(C)OC(=O)N[C@@H]1COCC[C@@H]1C(=O)O.CC(C)(C)OC(=O)N[C@H]1COCC[C@H]1C(=O)O. The van der Waals surface area contributed by atoms with Gasteiger partial charge in [0.15, 0.2) is 0 Å². The maximum atomic E-state index is 11.5. The van der Waals surface area contributed by atoms with Crippen LogP contribution >= 0.6 is 0 Å². The Hall–Kier alpha value is -2.60. The first-order valence-electron chi connectivity index (χ1n) is 11.2. The summed E-state index contributed by atoms with van der Waals surface area (Å²) < 4.78 is 20.5. The van der Waals surface area contributed by atoms with Crippen LogP contribution < -0.4 is 10.6 Å². The summed E-state index contributed by atoms with van der Waals surface area (Å²) in [6.45, 7) is 11.7. The van der Waals surface area contributed by atoms with Crippen molar-refractivity contribution in [2.45, 2.75) is 77.7 Å². The first kappa shape index (κ1) is 29.4. The summed E-state index contributed by atoms with van der Waals surface area (Å²) in [5, 5.41) is 23.1. The molecule has 12 nitrogen and oxygen atoms in total. The smallest absolute Gasteiger partial charge is 0.407 e. The van der Waals surface area contributed by atoms with Crippen LogP contribution in [0, 0.1) is 11.8 Å². The largest absolute Gasteiger partial charge is 0.481 e. The molecule has 2 aliphatic rings. The summed E-state index contributed by atoms with van der Waals surface area (Å²) in [6.07, 6.45) is -0.426. The minimum absolute atomic E-state index is 0.205. The number of rotatable bonds is 4. The summed E-state index contributed by atoms with van der Waals surface area (Å²) >= 11 is 0. The van der Waals surface area contributed by atoms with Gasteiger partial charge in [-0.3, -0.25) is 9.59 Å². The Morgan fingerprint density at radius 2 is 1.03 bits per heavy atom. The fraction of sp³-hybridized carbons (Fsp3) is 0.818. The van der Waals surface area contributed by atoms with Crippen molar-refractivity contribution >= 4 is 24.1 Å². The Morgan fingerprint density at radius 1 is 0.706 bits per heavy atom. The lowest BCUT2D eigenvalue weighted by Gasteiger charge is -2.30. The van der Waals surface area contributed by atoms with E-state index < -0.39 is 59.2 Å². The molecule has 2 rings (SSSR count). The van der Waals surface area contributed by atoms with E-state index in [1.54, 1.807) is 41.5 Å². The fourth-order valence-electron chi connectivity index (χ4n) is 3.27. The topological polar surface area (TPSA) is 170 Å². The van der Waals surface area contributed by atoms with Crippen LogP contribution in [-0.4, -0.2) is 84.1 Å². The molecular weight excluding hydrogens is 452 g/mol. The van der Waals surface area contributed by atoms with Crippen molar-refractivity contribution < 1.29 is 48.3 Å². The number of aliphatic carboxylic acids is 2. The predicted octanol–water partition coefficient (Wildman–Crippen LogP) is 2.00. The van der Waals surface area contributed by atoms with Gasteiger partial charge in [0.25, 0.3) is 0 Å². The van der Waals surface area contributed by atoms with Crippen molar-refractivity contribution in [1.29, 1.82) is 0 Å². The highest BCUT2D eigenvalue weighted by Crippen LogP contribution is 2.18. The minimum Gasteiger partial charge on any atom is -0.481 e. The third-order valence-electron chi connectivity index (χ3n) is 4.75. The molecule has 0 bridgehead atoms. The summed E-state index contributed by atoms with van der Waals surface area (Å²) in [6, 6.07) is -1.06. The third kappa shape index (κ3) is 11.5. The van der Waals surface area contributed by atoms with E-state index in [1.807, 2.05) is 0 Å². The van der Waals surface area contributed by atoms with Gasteiger partial charge in [-0.05, 0) is 54.4 Å². The summed E-state index contributed by atoms with van der Waals surface area (Å²) in [5.41, 5.74) is -1.20. The van der Waals surface area contributed by atoms with Gasteiger partial charge in [0, 0.05) is 13.2 Å². The first-order valence-corrected chi connectivity index (χ1v) is 11.2. The van der Waals surface area contributed by atoms with Gasteiger partial charge in [0.05, 0.1) is 37.1 Å². The summed E-state index contributed by atoms with van der Waals surface area (Å²) in [7, 11) is 0. The van der Waals surface area contributed by atoms with E-state index in [0.717, 1.165) is 0 Å². The van der Waals surface area contributed by atoms with Crippen LogP contribution in [0.4, 0.5) is 9.59 Å². The Balaban J connectivity index is 0.000000340. The Bertz CT molecular complexity index is 653. The molecule has 0 radical (unpaired) electrons. The monoisotopic (exact) mass is 490 g/mol. The van der Waals surface area contributed by atoms with Gasteiger partial charge in [-0.2, -0.15) is 0 Å². The Kier molecular flexibility index (Phi) is 11.0. The van der Waals surface area contributed by atoms with Gasteiger partial charge in [-0.25, -0.2) is 9.59 Å². The molecule has 0 aromatic rings. The third-order valence-corrected chi connectivity index (χ3v) is 4.75. The highest BCUT2D eigenvalue weighted by atomic mass is 16.6. The summed E-state index contributed by atoms with van der Waals surface area (Å²) in [5.74, 6) is -3.07. The predicted molar refractivity (Wildman–Crippen MR) is 119 cm³/mol. The minimum atomic E-state index is -0.922. The normalized spacial score (nSPS) is 25.1. The van der Waals surface area contributed by atoms with Gasteiger partial charge < -0.3 is 39.8 Å². The number of ether oxygens (including phenoxy) is 4. The van der Waals surface area contributed by atoms with E-state index in [4.69, 9.17) is 29.2 Å². The molecule has 2 fully saturated rings. The van der Waals surface area contributed by atoms with Crippen LogP contribution in [0.15, 0.2) is 0 Å². The van der Waals surface area contributed by atoms with E-state index in [0.29, 0.717) is 26.1 Å². The second kappa shape index (κ2) is 12.7. The lowest BCUT2D eigenvalue weighted by atomic mass is 9.95. The van der Waals surface area contributed by atoms with Crippen molar-refractivity contribution in [1.82, 2.24) is 10.6 Å². The number of hydrogen-bond donors (Lipinski definition) is 4. The van der Waals surface area contributed by atoms with Crippen molar-refractivity contribution in [2.75, 3.05) is 26.4 Å². The molecular formula is C22H38N2O10. The molecule has 196 valence electrons. The second-order valence-corrected chi connectivity index (χ2v) is 10.1. The number of carboxylic acids is 2. The van der Waals surface area contributed by atoms with Crippen molar-refractivity contribution in [2.24, 2.45) is 11.8 Å². The Morgan fingerprint density at radius 3 is 1.29 bits per heavy atom. The van der Waals surface area contributed by atoms with Crippen LogP contribution in [0.25, 0.3) is 0 Å². The van der Waals surface area contributed by atoms with Crippen molar-refractivity contribution in [3.63, 3.8) is 0 Å². The van der Waals surface area contributed by atoms with E-state index in [1.165, 1.54) is 0 Å². The average molecular weight is 491 g/mol. The van der Waals surface area contributed by atoms with Crippen molar-refractivity contribution in [3.05, 3.63) is 0 Å². The number of nitrogens with one attached hydrogen (secondary N) is 2. The molecule has 4 atom stereocenters. The van der Waals surface area contributed by atoms with Gasteiger partial charge in [0.1, 0.15) is 11.2 Å². The van der Waals surface area contributed by atoms with Crippen LogP contribution in [0.1, 0.15) is 54.4 Å². The second-order valence-electron chi connectivity index (χ2n) is 10.1. The molecule has 2 amide bonds. The molecule has 2 saturated heterocycles. The number of alkyl carbamates (subject to hydrolysis) is 2. The molecule has 0 aromatic heterocycles.